The minimum atomic E-state index is -0.127. The van der Waals surface area contributed by atoms with E-state index >= 15 is 0 Å². The van der Waals surface area contributed by atoms with Crippen LogP contribution in [-0.4, -0.2) is 17.0 Å². The van der Waals surface area contributed by atoms with Gasteiger partial charge in [-0.1, -0.05) is 18.9 Å². The average Bonchev–Trinajstić information content (AvgIpc) is 3.04. The second-order valence-electron chi connectivity index (χ2n) is 6.34. The number of nitrogens with one attached hydrogen (secondary N) is 3. The monoisotopic (exact) mass is 271 g/mol. The lowest BCUT2D eigenvalue weighted by Crippen LogP contribution is -2.19. The maximum Gasteiger partial charge on any atom is 0.323 e. The lowest BCUT2D eigenvalue weighted by Gasteiger charge is -2.17. The van der Waals surface area contributed by atoms with Crippen molar-refractivity contribution in [2.45, 2.75) is 31.7 Å². The number of hydrogen-bond donors (Lipinski definition) is 3. The van der Waals surface area contributed by atoms with Gasteiger partial charge in [0.25, 0.3) is 0 Å². The van der Waals surface area contributed by atoms with Gasteiger partial charge in [-0.2, -0.15) is 0 Å². The Labute approximate surface area is 118 Å². The van der Waals surface area contributed by atoms with E-state index in [2.05, 4.69) is 34.5 Å². The molecule has 106 valence electrons. The van der Waals surface area contributed by atoms with Gasteiger partial charge in [-0.05, 0) is 55.3 Å². The number of H-pyrrole nitrogens is 2. The fourth-order valence-corrected chi connectivity index (χ4v) is 4.37. The second-order valence-corrected chi connectivity index (χ2v) is 6.34. The summed E-state index contributed by atoms with van der Waals surface area (Å²) in [7, 11) is 2.05. The minimum Gasteiger partial charge on any atom is -0.313 e. The Kier molecular flexibility index (Phi) is 2.74. The van der Waals surface area contributed by atoms with E-state index in [0.717, 1.165) is 28.8 Å². The van der Waals surface area contributed by atoms with E-state index in [0.29, 0.717) is 6.04 Å². The topological polar surface area (TPSA) is 60.7 Å². The Balaban J connectivity index is 1.67. The molecule has 4 nitrogen and oxygen atoms in total. The summed E-state index contributed by atoms with van der Waals surface area (Å²) >= 11 is 0. The fourth-order valence-electron chi connectivity index (χ4n) is 4.37. The van der Waals surface area contributed by atoms with Crippen LogP contribution in [-0.2, 0) is 0 Å². The van der Waals surface area contributed by atoms with Crippen LogP contribution in [0.1, 0.15) is 37.3 Å². The third kappa shape index (κ3) is 1.82. The van der Waals surface area contributed by atoms with Gasteiger partial charge in [0, 0.05) is 6.04 Å². The van der Waals surface area contributed by atoms with Crippen molar-refractivity contribution in [3.05, 3.63) is 34.2 Å². The number of aromatic amines is 2. The van der Waals surface area contributed by atoms with Crippen LogP contribution < -0.4 is 11.0 Å². The van der Waals surface area contributed by atoms with Crippen molar-refractivity contribution in [3.63, 3.8) is 0 Å². The van der Waals surface area contributed by atoms with Crippen LogP contribution in [0.2, 0.25) is 0 Å². The van der Waals surface area contributed by atoms with Gasteiger partial charge in [-0.15, -0.1) is 0 Å². The van der Waals surface area contributed by atoms with E-state index in [-0.39, 0.29) is 5.69 Å². The van der Waals surface area contributed by atoms with E-state index in [4.69, 9.17) is 0 Å². The van der Waals surface area contributed by atoms with Gasteiger partial charge < -0.3 is 15.3 Å². The molecule has 0 amide bonds. The summed E-state index contributed by atoms with van der Waals surface area (Å²) in [5.41, 5.74) is 2.98. The van der Waals surface area contributed by atoms with Crippen LogP contribution in [0, 0.1) is 17.8 Å². The number of benzene rings is 1. The SMILES string of the molecule is CNC(c1ccc2[nH]c(=O)[nH]c2c1)C1C2CCCCC21. The molecule has 2 fully saturated rings. The summed E-state index contributed by atoms with van der Waals surface area (Å²) in [6.07, 6.45) is 5.60. The molecule has 2 aliphatic carbocycles. The molecule has 1 aromatic heterocycles. The molecule has 3 N–H and O–H groups in total. The van der Waals surface area contributed by atoms with E-state index in [1.54, 1.807) is 0 Å². The zero-order valence-corrected chi connectivity index (χ0v) is 11.8. The minimum absolute atomic E-state index is 0.127. The van der Waals surface area contributed by atoms with Gasteiger partial charge in [0.2, 0.25) is 0 Å². The summed E-state index contributed by atoms with van der Waals surface area (Å²) in [6.45, 7) is 0. The summed E-state index contributed by atoms with van der Waals surface area (Å²) in [5, 5.41) is 3.51. The molecule has 0 bridgehead atoms. The van der Waals surface area contributed by atoms with Crippen LogP contribution in [0.3, 0.4) is 0 Å². The van der Waals surface area contributed by atoms with Crippen molar-refractivity contribution >= 4 is 11.0 Å². The molecule has 1 heterocycles. The lowest BCUT2D eigenvalue weighted by atomic mass is 9.99. The summed E-state index contributed by atoms with van der Waals surface area (Å²) in [6, 6.07) is 6.71. The van der Waals surface area contributed by atoms with Crippen molar-refractivity contribution in [2.24, 2.45) is 17.8 Å². The van der Waals surface area contributed by atoms with Crippen molar-refractivity contribution in [3.8, 4) is 0 Å². The summed E-state index contributed by atoms with van der Waals surface area (Å²) < 4.78 is 0. The third-order valence-electron chi connectivity index (χ3n) is 5.32. The summed E-state index contributed by atoms with van der Waals surface area (Å²) in [4.78, 5) is 17.0. The third-order valence-corrected chi connectivity index (χ3v) is 5.32. The van der Waals surface area contributed by atoms with E-state index in [1.807, 2.05) is 6.07 Å². The second kappa shape index (κ2) is 4.48. The van der Waals surface area contributed by atoms with E-state index in [1.165, 1.54) is 31.2 Å². The zero-order chi connectivity index (χ0) is 13.7. The Morgan fingerprint density at radius 2 is 1.85 bits per heavy atom. The van der Waals surface area contributed by atoms with Gasteiger partial charge in [-0.25, -0.2) is 4.79 Å². The first kappa shape index (κ1) is 12.2. The van der Waals surface area contributed by atoms with Crippen LogP contribution in [0.15, 0.2) is 23.0 Å². The Morgan fingerprint density at radius 1 is 1.15 bits per heavy atom. The van der Waals surface area contributed by atoms with Crippen LogP contribution >= 0.6 is 0 Å². The standard InChI is InChI=1S/C16H21N3O/c1-17-15(14-10-4-2-3-5-11(10)14)9-6-7-12-13(8-9)19-16(20)18-12/h6-8,10-11,14-15,17H,2-5H2,1H3,(H2,18,19,20). The first-order valence-electron chi connectivity index (χ1n) is 7.67. The predicted molar refractivity (Wildman–Crippen MR) is 79.7 cm³/mol. The highest BCUT2D eigenvalue weighted by atomic mass is 16.1. The van der Waals surface area contributed by atoms with Crippen molar-refractivity contribution in [2.75, 3.05) is 7.05 Å². The first-order valence-corrected chi connectivity index (χ1v) is 7.67. The molecule has 2 aliphatic rings. The number of imidazole rings is 1. The highest BCUT2D eigenvalue weighted by Gasteiger charge is 2.53. The van der Waals surface area contributed by atoms with E-state index in [9.17, 15) is 4.79 Å². The van der Waals surface area contributed by atoms with E-state index < -0.39 is 0 Å². The predicted octanol–water partition coefficient (Wildman–Crippen LogP) is 2.55. The molecule has 0 aliphatic heterocycles. The molecule has 4 heteroatoms. The lowest BCUT2D eigenvalue weighted by molar-refractivity contribution is 0.480. The highest BCUT2D eigenvalue weighted by Crippen LogP contribution is 2.60. The van der Waals surface area contributed by atoms with Crippen LogP contribution in [0.4, 0.5) is 0 Å². The molecule has 3 unspecified atom stereocenters. The zero-order valence-electron chi connectivity index (χ0n) is 11.8. The van der Waals surface area contributed by atoms with Gasteiger partial charge in [0.15, 0.2) is 0 Å². The van der Waals surface area contributed by atoms with Gasteiger partial charge in [-0.3, -0.25) is 0 Å². The number of rotatable bonds is 3. The van der Waals surface area contributed by atoms with Crippen LogP contribution in [0.25, 0.3) is 11.0 Å². The molecular formula is C16H21N3O. The van der Waals surface area contributed by atoms with Crippen molar-refractivity contribution in [1.82, 2.24) is 15.3 Å². The molecule has 2 aromatic rings. The summed E-state index contributed by atoms with van der Waals surface area (Å²) in [5.74, 6) is 2.62. The van der Waals surface area contributed by atoms with Crippen molar-refractivity contribution in [1.29, 1.82) is 0 Å². The van der Waals surface area contributed by atoms with Crippen molar-refractivity contribution < 1.29 is 0 Å². The maximum absolute atomic E-state index is 11.4. The number of hydrogen-bond acceptors (Lipinski definition) is 2. The van der Waals surface area contributed by atoms with Crippen LogP contribution in [0.5, 0.6) is 0 Å². The Morgan fingerprint density at radius 3 is 2.55 bits per heavy atom. The molecule has 0 radical (unpaired) electrons. The molecule has 3 atom stereocenters. The first-order chi connectivity index (χ1) is 9.78. The number of aromatic nitrogens is 2. The molecule has 2 saturated carbocycles. The molecule has 1 aromatic carbocycles. The highest BCUT2D eigenvalue weighted by molar-refractivity contribution is 5.75. The van der Waals surface area contributed by atoms with Gasteiger partial charge in [0.1, 0.15) is 0 Å². The molecule has 4 rings (SSSR count). The average molecular weight is 271 g/mol. The Hall–Kier alpha value is -1.55. The van der Waals surface area contributed by atoms with Gasteiger partial charge in [0.05, 0.1) is 11.0 Å². The number of fused-ring (bicyclic) bond motifs is 2. The Bertz CT molecular complexity index is 674. The largest absolute Gasteiger partial charge is 0.323 e. The molecular weight excluding hydrogens is 250 g/mol. The maximum atomic E-state index is 11.4. The van der Waals surface area contributed by atoms with Gasteiger partial charge >= 0.3 is 5.69 Å². The smallest absolute Gasteiger partial charge is 0.313 e. The molecule has 20 heavy (non-hydrogen) atoms. The normalized spacial score (nSPS) is 30.1. The molecule has 0 spiro atoms. The molecule has 0 saturated heterocycles. The quantitative estimate of drug-likeness (QED) is 0.803. The fraction of sp³-hybridized carbons (Fsp3) is 0.562.